The molecule has 0 radical (unpaired) electrons. The van der Waals surface area contributed by atoms with Crippen molar-refractivity contribution in [2.45, 2.75) is 63.6 Å². The summed E-state index contributed by atoms with van der Waals surface area (Å²) in [6.45, 7) is 2.46. The highest BCUT2D eigenvalue weighted by Crippen LogP contribution is 2.64. The van der Waals surface area contributed by atoms with Gasteiger partial charge in [0.15, 0.2) is 0 Å². The minimum atomic E-state index is 0.378. The minimum absolute atomic E-state index is 0.378. The first-order chi connectivity index (χ1) is 5.77. The van der Waals surface area contributed by atoms with Crippen LogP contribution in [-0.4, -0.2) is 11.7 Å². The quantitative estimate of drug-likeness (QED) is 0.504. The van der Waals surface area contributed by atoms with E-state index in [1.54, 1.807) is 0 Å². The Morgan fingerprint density at radius 3 is 2.67 bits per heavy atom. The lowest BCUT2D eigenvalue weighted by Crippen LogP contribution is -2.43. The van der Waals surface area contributed by atoms with Gasteiger partial charge in [0.05, 0.1) is 6.10 Å². The molecule has 0 N–H and O–H groups in total. The van der Waals surface area contributed by atoms with Crippen LogP contribution in [0.4, 0.5) is 0 Å². The molecule has 1 heterocycles. The Kier molecular flexibility index (Phi) is 1.27. The SMILES string of the molecule is C[C@@]12CCCC[C@@]13O[C@H]3CCC2. The monoisotopic (exact) mass is 166 g/mol. The van der Waals surface area contributed by atoms with Crippen LogP contribution < -0.4 is 0 Å². The second-order valence-electron chi connectivity index (χ2n) is 5.16. The molecular weight excluding hydrogens is 148 g/mol. The number of hydrogen-bond acceptors (Lipinski definition) is 1. The molecule has 12 heavy (non-hydrogen) atoms. The third-order valence-corrected chi connectivity index (χ3v) is 4.56. The summed E-state index contributed by atoms with van der Waals surface area (Å²) >= 11 is 0. The van der Waals surface area contributed by atoms with Gasteiger partial charge in [0.2, 0.25) is 0 Å². The van der Waals surface area contributed by atoms with Gasteiger partial charge in [-0.3, -0.25) is 0 Å². The van der Waals surface area contributed by atoms with E-state index in [2.05, 4.69) is 6.92 Å². The summed E-state index contributed by atoms with van der Waals surface area (Å²) in [7, 11) is 0. The molecule has 2 saturated carbocycles. The Morgan fingerprint density at radius 2 is 1.83 bits per heavy atom. The average molecular weight is 166 g/mol. The highest BCUT2D eigenvalue weighted by molar-refractivity contribution is 5.16. The molecule has 0 aromatic heterocycles. The van der Waals surface area contributed by atoms with Crippen molar-refractivity contribution in [1.29, 1.82) is 0 Å². The fourth-order valence-corrected chi connectivity index (χ4v) is 3.69. The highest BCUT2D eigenvalue weighted by Gasteiger charge is 2.68. The van der Waals surface area contributed by atoms with Crippen LogP contribution in [0.1, 0.15) is 51.9 Å². The third-order valence-electron chi connectivity index (χ3n) is 4.56. The largest absolute Gasteiger partial charge is 0.365 e. The van der Waals surface area contributed by atoms with Crippen LogP contribution in [0.3, 0.4) is 0 Å². The normalized spacial score (nSPS) is 57.2. The van der Waals surface area contributed by atoms with Crippen LogP contribution in [0.2, 0.25) is 0 Å². The molecule has 3 rings (SSSR count). The first-order valence-electron chi connectivity index (χ1n) is 5.45. The maximum atomic E-state index is 5.97. The fourth-order valence-electron chi connectivity index (χ4n) is 3.69. The zero-order valence-electron chi connectivity index (χ0n) is 7.94. The summed E-state index contributed by atoms with van der Waals surface area (Å²) in [5.74, 6) is 0. The molecule has 1 saturated heterocycles. The molecule has 3 aliphatic rings. The maximum absolute atomic E-state index is 5.97. The van der Waals surface area contributed by atoms with Crippen LogP contribution in [0, 0.1) is 5.41 Å². The van der Waals surface area contributed by atoms with Crippen LogP contribution in [-0.2, 0) is 4.74 Å². The average Bonchev–Trinajstić information content (AvgIpc) is 2.76. The first-order valence-corrected chi connectivity index (χ1v) is 5.45. The van der Waals surface area contributed by atoms with E-state index in [-0.39, 0.29) is 0 Å². The molecule has 0 amide bonds. The Hall–Kier alpha value is -0.0400. The van der Waals surface area contributed by atoms with Crippen molar-refractivity contribution < 1.29 is 4.74 Å². The van der Waals surface area contributed by atoms with Gasteiger partial charge in [-0.2, -0.15) is 0 Å². The van der Waals surface area contributed by atoms with Gasteiger partial charge in [-0.05, 0) is 31.1 Å². The number of ether oxygens (including phenoxy) is 1. The first kappa shape index (κ1) is 7.37. The lowest BCUT2D eigenvalue weighted by atomic mass is 9.60. The molecule has 3 atom stereocenters. The molecule has 3 fully saturated rings. The third kappa shape index (κ3) is 0.693. The van der Waals surface area contributed by atoms with Crippen LogP contribution in [0.15, 0.2) is 0 Å². The minimum Gasteiger partial charge on any atom is -0.365 e. The van der Waals surface area contributed by atoms with Gasteiger partial charge in [-0.1, -0.05) is 26.2 Å². The zero-order valence-corrected chi connectivity index (χ0v) is 7.94. The number of epoxide rings is 1. The van der Waals surface area contributed by atoms with E-state index in [0.717, 1.165) is 0 Å². The van der Waals surface area contributed by atoms with Crippen LogP contribution in [0.25, 0.3) is 0 Å². The lowest BCUT2D eigenvalue weighted by molar-refractivity contribution is 0.0553. The topological polar surface area (TPSA) is 12.5 Å². The van der Waals surface area contributed by atoms with E-state index in [1.807, 2.05) is 0 Å². The molecule has 0 aromatic carbocycles. The van der Waals surface area contributed by atoms with Crippen molar-refractivity contribution in [3.05, 3.63) is 0 Å². The predicted molar refractivity (Wildman–Crippen MR) is 48.0 cm³/mol. The van der Waals surface area contributed by atoms with E-state index in [9.17, 15) is 0 Å². The summed E-state index contributed by atoms with van der Waals surface area (Å²) in [5.41, 5.74) is 0.942. The van der Waals surface area contributed by atoms with E-state index in [4.69, 9.17) is 4.74 Å². The van der Waals surface area contributed by atoms with Crippen molar-refractivity contribution in [1.82, 2.24) is 0 Å². The molecule has 1 nitrogen and oxygen atoms in total. The van der Waals surface area contributed by atoms with Gasteiger partial charge in [-0.25, -0.2) is 0 Å². The van der Waals surface area contributed by atoms with E-state index in [1.165, 1.54) is 44.9 Å². The lowest BCUT2D eigenvalue weighted by Gasteiger charge is -2.42. The van der Waals surface area contributed by atoms with Gasteiger partial charge >= 0.3 is 0 Å². The molecule has 0 unspecified atom stereocenters. The highest BCUT2D eigenvalue weighted by atomic mass is 16.6. The maximum Gasteiger partial charge on any atom is 0.100 e. The summed E-state index contributed by atoms with van der Waals surface area (Å²) in [6, 6.07) is 0. The van der Waals surface area contributed by atoms with Gasteiger partial charge in [0.25, 0.3) is 0 Å². The van der Waals surface area contributed by atoms with Gasteiger partial charge in [0.1, 0.15) is 5.60 Å². The Bertz CT molecular complexity index is 202. The smallest absolute Gasteiger partial charge is 0.100 e. The fraction of sp³-hybridized carbons (Fsp3) is 1.00. The Balaban J connectivity index is 1.93. The molecule has 1 spiro atoms. The molecule has 1 heteroatoms. The summed E-state index contributed by atoms with van der Waals surface area (Å²) in [5, 5.41) is 0. The summed E-state index contributed by atoms with van der Waals surface area (Å²) in [4.78, 5) is 0. The van der Waals surface area contributed by atoms with Gasteiger partial charge in [0, 0.05) is 0 Å². The standard InChI is InChI=1S/C11H18O/c1-10-6-2-3-8-11(10)9(12-11)5-4-7-10/h9H,2-8H2,1H3/t9-,10-,11-/m0/s1. The van der Waals surface area contributed by atoms with Crippen LogP contribution >= 0.6 is 0 Å². The molecule has 1 aliphatic heterocycles. The van der Waals surface area contributed by atoms with Crippen molar-refractivity contribution in [3.63, 3.8) is 0 Å². The van der Waals surface area contributed by atoms with Crippen LogP contribution in [0.5, 0.6) is 0 Å². The Labute approximate surface area is 74.5 Å². The summed E-state index contributed by atoms with van der Waals surface area (Å²) < 4.78 is 5.97. The molecule has 0 aromatic rings. The predicted octanol–water partition coefficient (Wildman–Crippen LogP) is 2.89. The molecule has 0 bridgehead atoms. The van der Waals surface area contributed by atoms with Crippen molar-refractivity contribution >= 4 is 0 Å². The van der Waals surface area contributed by atoms with Crippen molar-refractivity contribution in [3.8, 4) is 0 Å². The van der Waals surface area contributed by atoms with Crippen molar-refractivity contribution in [2.75, 3.05) is 0 Å². The molecular formula is C11H18O. The number of hydrogen-bond donors (Lipinski definition) is 0. The van der Waals surface area contributed by atoms with Crippen molar-refractivity contribution in [2.24, 2.45) is 5.41 Å². The summed E-state index contributed by atoms with van der Waals surface area (Å²) in [6.07, 6.45) is 10.5. The van der Waals surface area contributed by atoms with Gasteiger partial charge < -0.3 is 4.74 Å². The van der Waals surface area contributed by atoms with Gasteiger partial charge in [-0.15, -0.1) is 0 Å². The second kappa shape index (κ2) is 2.06. The van der Waals surface area contributed by atoms with E-state index in [0.29, 0.717) is 17.1 Å². The Morgan fingerprint density at radius 1 is 1.08 bits per heavy atom. The molecule has 68 valence electrons. The second-order valence-corrected chi connectivity index (χ2v) is 5.16. The van der Waals surface area contributed by atoms with E-state index >= 15 is 0 Å². The number of rotatable bonds is 0. The molecule has 2 aliphatic carbocycles. The zero-order chi connectivity index (χ0) is 8.23. The van der Waals surface area contributed by atoms with E-state index < -0.39 is 0 Å².